The van der Waals surface area contributed by atoms with Crippen LogP contribution < -0.4 is 5.73 Å². The molecule has 0 aliphatic carbocycles. The SMILES string of the molecule is CC(C)(C)c1ccc(-c2nnc(-c3cccc(N)c3)o2)cc1. The molecule has 1 heterocycles. The van der Waals surface area contributed by atoms with Gasteiger partial charge in [-0.25, -0.2) is 0 Å². The van der Waals surface area contributed by atoms with E-state index in [-0.39, 0.29) is 5.41 Å². The lowest BCUT2D eigenvalue weighted by Crippen LogP contribution is -2.10. The molecule has 0 unspecified atom stereocenters. The molecule has 4 nitrogen and oxygen atoms in total. The summed E-state index contributed by atoms with van der Waals surface area (Å²) in [6, 6.07) is 15.6. The lowest BCUT2D eigenvalue weighted by Gasteiger charge is -2.18. The van der Waals surface area contributed by atoms with E-state index in [4.69, 9.17) is 10.2 Å². The molecule has 0 spiro atoms. The number of anilines is 1. The number of nitrogen functional groups attached to an aromatic ring is 1. The van der Waals surface area contributed by atoms with Crippen molar-refractivity contribution in [3.8, 4) is 22.9 Å². The molecule has 3 rings (SSSR count). The molecule has 0 saturated heterocycles. The van der Waals surface area contributed by atoms with Gasteiger partial charge in [-0.2, -0.15) is 0 Å². The molecule has 112 valence electrons. The first-order chi connectivity index (χ1) is 10.4. The van der Waals surface area contributed by atoms with Gasteiger partial charge in [0.05, 0.1) is 0 Å². The zero-order valence-corrected chi connectivity index (χ0v) is 13.0. The Balaban J connectivity index is 1.91. The fraction of sp³-hybridized carbons (Fsp3) is 0.222. The largest absolute Gasteiger partial charge is 0.416 e. The number of benzene rings is 2. The minimum absolute atomic E-state index is 0.125. The number of aromatic nitrogens is 2. The second kappa shape index (κ2) is 5.30. The third kappa shape index (κ3) is 2.86. The van der Waals surface area contributed by atoms with Crippen molar-refractivity contribution in [2.45, 2.75) is 26.2 Å². The highest BCUT2D eigenvalue weighted by molar-refractivity contribution is 5.61. The summed E-state index contributed by atoms with van der Waals surface area (Å²) in [5, 5.41) is 8.23. The standard InChI is InChI=1S/C18H19N3O/c1-18(2,3)14-9-7-12(8-10-14)16-20-21-17(22-16)13-5-4-6-15(19)11-13/h4-11H,19H2,1-3H3. The summed E-state index contributed by atoms with van der Waals surface area (Å²) in [6.45, 7) is 6.56. The summed E-state index contributed by atoms with van der Waals surface area (Å²) < 4.78 is 5.76. The van der Waals surface area contributed by atoms with Crippen molar-refractivity contribution >= 4 is 5.69 Å². The van der Waals surface area contributed by atoms with E-state index in [9.17, 15) is 0 Å². The Bertz CT molecular complexity index is 783. The molecule has 1 aromatic heterocycles. The van der Waals surface area contributed by atoms with Crippen LogP contribution in [0.15, 0.2) is 52.9 Å². The highest BCUT2D eigenvalue weighted by atomic mass is 16.4. The van der Waals surface area contributed by atoms with Crippen molar-refractivity contribution in [2.75, 3.05) is 5.73 Å². The Morgan fingerprint density at radius 1 is 0.864 bits per heavy atom. The van der Waals surface area contributed by atoms with E-state index in [1.807, 2.05) is 36.4 Å². The van der Waals surface area contributed by atoms with E-state index >= 15 is 0 Å². The predicted octanol–water partition coefficient (Wildman–Crippen LogP) is 4.28. The van der Waals surface area contributed by atoms with Crippen LogP contribution in [0, 0.1) is 0 Å². The topological polar surface area (TPSA) is 64.9 Å². The first-order valence-electron chi connectivity index (χ1n) is 7.24. The highest BCUT2D eigenvalue weighted by Gasteiger charge is 2.15. The zero-order chi connectivity index (χ0) is 15.7. The Labute approximate surface area is 130 Å². The number of nitrogens with two attached hydrogens (primary N) is 1. The fourth-order valence-electron chi connectivity index (χ4n) is 2.24. The Morgan fingerprint density at radius 2 is 1.50 bits per heavy atom. The van der Waals surface area contributed by atoms with Crippen LogP contribution in [-0.4, -0.2) is 10.2 Å². The van der Waals surface area contributed by atoms with E-state index in [1.54, 1.807) is 0 Å². The van der Waals surface area contributed by atoms with Gasteiger partial charge in [-0.3, -0.25) is 0 Å². The average Bonchev–Trinajstić information content (AvgIpc) is 2.96. The van der Waals surface area contributed by atoms with Crippen LogP contribution in [0.5, 0.6) is 0 Å². The summed E-state index contributed by atoms with van der Waals surface area (Å²) in [7, 11) is 0. The van der Waals surface area contributed by atoms with Crippen molar-refractivity contribution in [3.63, 3.8) is 0 Å². The molecule has 0 aliphatic heterocycles. The van der Waals surface area contributed by atoms with Crippen molar-refractivity contribution < 1.29 is 4.42 Å². The molecule has 0 bridgehead atoms. The minimum Gasteiger partial charge on any atom is -0.416 e. The van der Waals surface area contributed by atoms with Crippen molar-refractivity contribution in [1.29, 1.82) is 0 Å². The fourth-order valence-corrected chi connectivity index (χ4v) is 2.24. The van der Waals surface area contributed by atoms with Gasteiger partial charge in [0.15, 0.2) is 0 Å². The zero-order valence-electron chi connectivity index (χ0n) is 13.0. The summed E-state index contributed by atoms with van der Waals surface area (Å²) in [5.74, 6) is 0.986. The molecule has 3 aromatic rings. The third-order valence-electron chi connectivity index (χ3n) is 3.56. The first-order valence-corrected chi connectivity index (χ1v) is 7.24. The number of hydrogen-bond acceptors (Lipinski definition) is 4. The van der Waals surface area contributed by atoms with Gasteiger partial charge in [-0.05, 0) is 41.3 Å². The van der Waals surface area contributed by atoms with E-state index in [1.165, 1.54) is 5.56 Å². The van der Waals surface area contributed by atoms with Crippen LogP contribution in [0.2, 0.25) is 0 Å². The smallest absolute Gasteiger partial charge is 0.248 e. The number of hydrogen-bond donors (Lipinski definition) is 1. The Kier molecular flexibility index (Phi) is 3.45. The van der Waals surface area contributed by atoms with E-state index in [2.05, 4.69) is 43.1 Å². The van der Waals surface area contributed by atoms with Crippen LogP contribution in [-0.2, 0) is 5.41 Å². The predicted molar refractivity (Wildman–Crippen MR) is 88.3 cm³/mol. The van der Waals surface area contributed by atoms with Crippen LogP contribution in [0.3, 0.4) is 0 Å². The molecule has 0 amide bonds. The normalized spacial score (nSPS) is 11.6. The molecular weight excluding hydrogens is 274 g/mol. The monoisotopic (exact) mass is 293 g/mol. The van der Waals surface area contributed by atoms with Gasteiger partial charge in [0.25, 0.3) is 0 Å². The number of nitrogens with zero attached hydrogens (tertiary/aromatic N) is 2. The van der Waals surface area contributed by atoms with Crippen LogP contribution in [0.4, 0.5) is 5.69 Å². The molecule has 0 saturated carbocycles. The van der Waals surface area contributed by atoms with Crippen molar-refractivity contribution in [3.05, 3.63) is 54.1 Å². The third-order valence-corrected chi connectivity index (χ3v) is 3.56. The Morgan fingerprint density at radius 3 is 2.09 bits per heavy atom. The molecule has 0 fully saturated rings. The van der Waals surface area contributed by atoms with Crippen LogP contribution in [0.25, 0.3) is 22.9 Å². The first kappa shape index (κ1) is 14.3. The van der Waals surface area contributed by atoms with Gasteiger partial charge in [0.2, 0.25) is 11.8 Å². The summed E-state index contributed by atoms with van der Waals surface area (Å²) in [6.07, 6.45) is 0. The van der Waals surface area contributed by atoms with E-state index in [0.29, 0.717) is 17.5 Å². The van der Waals surface area contributed by atoms with Crippen molar-refractivity contribution in [2.24, 2.45) is 0 Å². The molecule has 0 atom stereocenters. The maximum absolute atomic E-state index is 5.78. The maximum atomic E-state index is 5.78. The lowest BCUT2D eigenvalue weighted by molar-refractivity contribution is 0.582. The molecule has 2 aromatic carbocycles. The minimum atomic E-state index is 0.125. The quantitative estimate of drug-likeness (QED) is 0.716. The van der Waals surface area contributed by atoms with Gasteiger partial charge < -0.3 is 10.2 Å². The maximum Gasteiger partial charge on any atom is 0.248 e. The van der Waals surface area contributed by atoms with E-state index < -0.39 is 0 Å². The van der Waals surface area contributed by atoms with Gasteiger partial charge in [0.1, 0.15) is 0 Å². The average molecular weight is 293 g/mol. The summed E-state index contributed by atoms with van der Waals surface area (Å²) in [4.78, 5) is 0. The van der Waals surface area contributed by atoms with Gasteiger partial charge in [-0.1, -0.05) is 39.0 Å². The second-order valence-corrected chi connectivity index (χ2v) is 6.37. The van der Waals surface area contributed by atoms with Gasteiger partial charge >= 0.3 is 0 Å². The summed E-state index contributed by atoms with van der Waals surface area (Å²) >= 11 is 0. The van der Waals surface area contributed by atoms with Crippen LogP contribution >= 0.6 is 0 Å². The van der Waals surface area contributed by atoms with Gasteiger partial charge in [-0.15, -0.1) is 10.2 Å². The van der Waals surface area contributed by atoms with Gasteiger partial charge in [0, 0.05) is 16.8 Å². The molecule has 0 aliphatic rings. The second-order valence-electron chi connectivity index (χ2n) is 6.37. The van der Waals surface area contributed by atoms with Crippen LogP contribution in [0.1, 0.15) is 26.3 Å². The molecular formula is C18H19N3O. The molecule has 0 radical (unpaired) electrons. The Hall–Kier alpha value is -2.62. The highest BCUT2D eigenvalue weighted by Crippen LogP contribution is 2.27. The summed E-state index contributed by atoms with van der Waals surface area (Å²) in [5.41, 5.74) is 9.59. The number of rotatable bonds is 2. The van der Waals surface area contributed by atoms with E-state index in [0.717, 1.165) is 11.1 Å². The van der Waals surface area contributed by atoms with Crippen molar-refractivity contribution in [1.82, 2.24) is 10.2 Å². The molecule has 2 N–H and O–H groups in total. The lowest BCUT2D eigenvalue weighted by atomic mass is 9.87. The molecule has 4 heteroatoms. The molecule has 22 heavy (non-hydrogen) atoms.